The molecule has 2 fully saturated rings. The number of piperazine rings is 1. The van der Waals surface area contributed by atoms with Gasteiger partial charge in [-0.25, -0.2) is 0 Å². The van der Waals surface area contributed by atoms with Crippen molar-refractivity contribution in [3.63, 3.8) is 0 Å². The Morgan fingerprint density at radius 2 is 1.80 bits per heavy atom. The highest BCUT2D eigenvalue weighted by Gasteiger charge is 2.23. The Labute approximate surface area is 151 Å². The molecule has 5 heteroatoms. The van der Waals surface area contributed by atoms with Gasteiger partial charge in [-0.15, -0.1) is 0 Å². The Hall–Kier alpha value is -1.59. The summed E-state index contributed by atoms with van der Waals surface area (Å²) in [6, 6.07) is 10.5. The van der Waals surface area contributed by atoms with Crippen molar-refractivity contribution in [2.75, 3.05) is 44.2 Å². The van der Waals surface area contributed by atoms with E-state index >= 15 is 0 Å². The molecule has 3 rings (SSSR count). The zero-order valence-corrected chi connectivity index (χ0v) is 15.1. The van der Waals surface area contributed by atoms with Crippen molar-refractivity contribution in [2.45, 2.75) is 38.2 Å². The first-order chi connectivity index (χ1) is 12.2. The second-order valence-corrected chi connectivity index (χ2v) is 7.33. The van der Waals surface area contributed by atoms with Crippen LogP contribution in [0.25, 0.3) is 0 Å². The third kappa shape index (κ3) is 5.44. The number of benzene rings is 1. The highest BCUT2D eigenvalue weighted by Crippen LogP contribution is 2.23. The maximum atomic E-state index is 12.1. The Balaban J connectivity index is 1.32. The molecule has 0 bridgehead atoms. The Kier molecular flexibility index (Phi) is 6.70. The standard InChI is InChI=1S/C20H31N3O2/c24-19-9-5-4-6-17(19)16-21-20(25)10-11-22-12-14-23(15-13-22)18-7-2-1-3-8-18/h1-3,7-8,17,19,24H,4-6,9-16H2,(H,21,25)/t17-,19-/m1/s1. The van der Waals surface area contributed by atoms with E-state index in [1.54, 1.807) is 0 Å². The molecule has 2 atom stereocenters. The van der Waals surface area contributed by atoms with Gasteiger partial charge in [-0.2, -0.15) is 0 Å². The lowest BCUT2D eigenvalue weighted by Gasteiger charge is -2.36. The van der Waals surface area contributed by atoms with Crippen LogP contribution >= 0.6 is 0 Å². The average molecular weight is 345 g/mol. The molecule has 0 unspecified atom stereocenters. The van der Waals surface area contributed by atoms with Crippen LogP contribution in [0.5, 0.6) is 0 Å². The summed E-state index contributed by atoms with van der Waals surface area (Å²) < 4.78 is 0. The van der Waals surface area contributed by atoms with Gasteiger partial charge in [0.2, 0.25) is 5.91 Å². The minimum absolute atomic E-state index is 0.114. The summed E-state index contributed by atoms with van der Waals surface area (Å²) in [6.45, 7) is 5.48. The number of nitrogens with one attached hydrogen (secondary N) is 1. The van der Waals surface area contributed by atoms with Gasteiger partial charge in [0.05, 0.1) is 6.10 Å². The van der Waals surface area contributed by atoms with E-state index in [9.17, 15) is 9.90 Å². The van der Waals surface area contributed by atoms with Crippen LogP contribution in [0.3, 0.4) is 0 Å². The summed E-state index contributed by atoms with van der Waals surface area (Å²) >= 11 is 0. The van der Waals surface area contributed by atoms with Crippen LogP contribution in [-0.4, -0.2) is 61.3 Å². The largest absolute Gasteiger partial charge is 0.393 e. The fraction of sp³-hybridized carbons (Fsp3) is 0.650. The van der Waals surface area contributed by atoms with Crippen LogP contribution in [0.1, 0.15) is 32.1 Å². The van der Waals surface area contributed by atoms with Gasteiger partial charge in [0, 0.05) is 57.3 Å². The minimum Gasteiger partial charge on any atom is -0.393 e. The molecule has 1 aliphatic carbocycles. The first-order valence-electron chi connectivity index (χ1n) is 9.69. The van der Waals surface area contributed by atoms with Gasteiger partial charge in [-0.3, -0.25) is 9.69 Å². The summed E-state index contributed by atoms with van der Waals surface area (Å²) in [7, 11) is 0. The lowest BCUT2D eigenvalue weighted by molar-refractivity contribution is -0.121. The molecular formula is C20H31N3O2. The lowest BCUT2D eigenvalue weighted by Crippen LogP contribution is -2.47. The molecule has 138 valence electrons. The molecule has 1 aromatic rings. The number of anilines is 1. The number of hydrogen-bond donors (Lipinski definition) is 2. The molecule has 2 aliphatic rings. The number of hydrogen-bond acceptors (Lipinski definition) is 4. The van der Waals surface area contributed by atoms with E-state index in [1.807, 2.05) is 6.07 Å². The normalized spacial score (nSPS) is 24.9. The molecule has 2 N–H and O–H groups in total. The molecule has 1 amide bonds. The van der Waals surface area contributed by atoms with Gasteiger partial charge >= 0.3 is 0 Å². The molecule has 0 spiro atoms. The Morgan fingerprint density at radius 1 is 1.08 bits per heavy atom. The molecule has 1 saturated carbocycles. The second kappa shape index (κ2) is 9.20. The SMILES string of the molecule is O=C(CCN1CCN(c2ccccc2)CC1)NC[C@H]1CCCC[C@H]1O. The minimum atomic E-state index is -0.236. The summed E-state index contributed by atoms with van der Waals surface area (Å²) in [5.41, 5.74) is 1.28. The van der Waals surface area contributed by atoms with E-state index in [-0.39, 0.29) is 17.9 Å². The maximum Gasteiger partial charge on any atom is 0.221 e. The van der Waals surface area contributed by atoms with Crippen LogP contribution in [0.2, 0.25) is 0 Å². The maximum absolute atomic E-state index is 12.1. The Bertz CT molecular complexity index is 529. The number of aliphatic hydroxyl groups excluding tert-OH is 1. The summed E-state index contributed by atoms with van der Waals surface area (Å²) in [6.07, 6.45) is 4.51. The number of para-hydroxylation sites is 1. The van der Waals surface area contributed by atoms with Crippen molar-refractivity contribution < 1.29 is 9.90 Å². The van der Waals surface area contributed by atoms with E-state index in [1.165, 1.54) is 12.1 Å². The van der Waals surface area contributed by atoms with Gasteiger partial charge in [0.15, 0.2) is 0 Å². The van der Waals surface area contributed by atoms with E-state index in [4.69, 9.17) is 0 Å². The number of amides is 1. The molecule has 1 heterocycles. The molecule has 0 radical (unpaired) electrons. The third-order valence-electron chi connectivity index (χ3n) is 5.58. The number of aliphatic hydroxyl groups is 1. The molecular weight excluding hydrogens is 314 g/mol. The van der Waals surface area contributed by atoms with Crippen LogP contribution in [0.15, 0.2) is 30.3 Å². The molecule has 1 saturated heterocycles. The van der Waals surface area contributed by atoms with Crippen molar-refractivity contribution in [2.24, 2.45) is 5.92 Å². The van der Waals surface area contributed by atoms with Crippen molar-refractivity contribution in [1.29, 1.82) is 0 Å². The lowest BCUT2D eigenvalue weighted by atomic mass is 9.86. The monoisotopic (exact) mass is 345 g/mol. The fourth-order valence-corrected chi connectivity index (χ4v) is 3.89. The smallest absolute Gasteiger partial charge is 0.221 e. The van der Waals surface area contributed by atoms with E-state index in [0.717, 1.165) is 52.0 Å². The van der Waals surface area contributed by atoms with Crippen molar-refractivity contribution in [3.8, 4) is 0 Å². The number of carbonyl (C=O) groups excluding carboxylic acids is 1. The second-order valence-electron chi connectivity index (χ2n) is 7.33. The fourth-order valence-electron chi connectivity index (χ4n) is 3.89. The quantitative estimate of drug-likeness (QED) is 0.826. The summed E-state index contributed by atoms with van der Waals surface area (Å²) in [5.74, 6) is 0.357. The number of nitrogens with zero attached hydrogens (tertiary/aromatic N) is 2. The molecule has 1 aromatic carbocycles. The first-order valence-corrected chi connectivity index (χ1v) is 9.69. The Morgan fingerprint density at radius 3 is 2.52 bits per heavy atom. The van der Waals surface area contributed by atoms with Crippen LogP contribution in [0, 0.1) is 5.92 Å². The van der Waals surface area contributed by atoms with Crippen molar-refractivity contribution >= 4 is 11.6 Å². The van der Waals surface area contributed by atoms with Crippen LogP contribution in [-0.2, 0) is 4.79 Å². The zero-order chi connectivity index (χ0) is 17.5. The molecule has 5 nitrogen and oxygen atoms in total. The summed E-state index contributed by atoms with van der Waals surface area (Å²) in [5, 5.41) is 13.0. The number of rotatable bonds is 6. The van der Waals surface area contributed by atoms with Gasteiger partial charge in [0.25, 0.3) is 0 Å². The van der Waals surface area contributed by atoms with Gasteiger partial charge in [-0.1, -0.05) is 31.0 Å². The van der Waals surface area contributed by atoms with Crippen LogP contribution in [0.4, 0.5) is 5.69 Å². The first kappa shape index (κ1) is 18.2. The topological polar surface area (TPSA) is 55.8 Å². The predicted octanol–water partition coefficient (Wildman–Crippen LogP) is 1.87. The summed E-state index contributed by atoms with van der Waals surface area (Å²) in [4.78, 5) is 16.9. The van der Waals surface area contributed by atoms with E-state index in [0.29, 0.717) is 13.0 Å². The third-order valence-corrected chi connectivity index (χ3v) is 5.58. The predicted molar refractivity (Wildman–Crippen MR) is 101 cm³/mol. The molecule has 0 aromatic heterocycles. The molecule has 25 heavy (non-hydrogen) atoms. The van der Waals surface area contributed by atoms with Crippen LogP contribution < -0.4 is 10.2 Å². The van der Waals surface area contributed by atoms with Gasteiger partial charge < -0.3 is 15.3 Å². The number of carbonyl (C=O) groups is 1. The van der Waals surface area contributed by atoms with E-state index < -0.39 is 0 Å². The zero-order valence-electron chi connectivity index (χ0n) is 15.1. The van der Waals surface area contributed by atoms with Gasteiger partial charge in [0.1, 0.15) is 0 Å². The highest BCUT2D eigenvalue weighted by molar-refractivity contribution is 5.76. The van der Waals surface area contributed by atoms with Crippen molar-refractivity contribution in [3.05, 3.63) is 30.3 Å². The van der Waals surface area contributed by atoms with Crippen molar-refractivity contribution in [1.82, 2.24) is 10.2 Å². The van der Waals surface area contributed by atoms with E-state index in [2.05, 4.69) is 39.4 Å². The van der Waals surface area contributed by atoms with Gasteiger partial charge in [-0.05, 0) is 25.0 Å². The average Bonchev–Trinajstić information content (AvgIpc) is 2.67. The highest BCUT2D eigenvalue weighted by atomic mass is 16.3. The molecule has 1 aliphatic heterocycles.